The quantitative estimate of drug-likeness (QED) is 0.669. The van der Waals surface area contributed by atoms with E-state index in [4.69, 9.17) is 17.0 Å². The maximum Gasteiger partial charge on any atom is 0.264 e. The second kappa shape index (κ2) is 5.76. The van der Waals surface area contributed by atoms with Crippen molar-refractivity contribution in [1.82, 2.24) is 9.55 Å². The van der Waals surface area contributed by atoms with Crippen LogP contribution >= 0.6 is 12.2 Å². The molecular weight excluding hydrogens is 302 g/mol. The molecule has 1 aromatic carbocycles. The Morgan fingerprint density at radius 2 is 2.09 bits per heavy atom. The topological polar surface area (TPSA) is 79.6 Å². The predicted octanol–water partition coefficient (Wildman–Crippen LogP) is 2.19. The van der Waals surface area contributed by atoms with Gasteiger partial charge in [0.2, 0.25) is 5.88 Å². The molecule has 1 fully saturated rings. The highest BCUT2D eigenvalue weighted by Gasteiger charge is 2.20. The summed E-state index contributed by atoms with van der Waals surface area (Å²) in [4.78, 5) is 18.8. The molecule has 1 aliphatic rings. The molecule has 1 aliphatic carbocycles. The van der Waals surface area contributed by atoms with Gasteiger partial charge < -0.3 is 9.84 Å². The van der Waals surface area contributed by atoms with Crippen LogP contribution in [0.3, 0.4) is 0 Å². The first kappa shape index (κ1) is 14.5. The lowest BCUT2D eigenvalue weighted by atomic mass is 10.2. The zero-order valence-corrected chi connectivity index (χ0v) is 12.8. The minimum Gasteiger partial charge on any atom is -0.497 e. The number of aromatic hydroxyl groups is 1. The van der Waals surface area contributed by atoms with Crippen LogP contribution in [0.2, 0.25) is 0 Å². The van der Waals surface area contributed by atoms with Crippen LogP contribution in [0.25, 0.3) is 5.69 Å². The number of hydrogen-bond donors (Lipinski definition) is 2. The normalized spacial score (nSPS) is 14.4. The van der Waals surface area contributed by atoms with Gasteiger partial charge in [0, 0.05) is 6.21 Å². The molecule has 6 nitrogen and oxygen atoms in total. The SMILES string of the molecule is COc1ccc(-n2c(O)c(C=NC3CC3)c(=O)[nH]c2=S)cc1. The minimum atomic E-state index is -0.448. The van der Waals surface area contributed by atoms with Crippen molar-refractivity contribution in [2.75, 3.05) is 7.11 Å². The zero-order valence-electron chi connectivity index (χ0n) is 11.9. The van der Waals surface area contributed by atoms with E-state index in [1.165, 1.54) is 10.8 Å². The fourth-order valence-electron chi connectivity index (χ4n) is 2.03. The molecule has 2 N–H and O–H groups in total. The molecular formula is C15H15N3O3S. The molecule has 7 heteroatoms. The van der Waals surface area contributed by atoms with Crippen molar-refractivity contribution in [2.24, 2.45) is 4.99 Å². The van der Waals surface area contributed by atoms with Crippen LogP contribution in [0.1, 0.15) is 18.4 Å². The van der Waals surface area contributed by atoms with Crippen LogP contribution in [0.4, 0.5) is 0 Å². The first-order valence-corrected chi connectivity index (χ1v) is 7.27. The van der Waals surface area contributed by atoms with E-state index in [1.807, 2.05) is 0 Å². The number of ether oxygens (including phenoxy) is 1. The third-order valence-electron chi connectivity index (χ3n) is 3.41. The molecule has 0 amide bonds. The fraction of sp³-hybridized carbons (Fsp3) is 0.267. The van der Waals surface area contributed by atoms with Gasteiger partial charge in [0.05, 0.1) is 18.8 Å². The van der Waals surface area contributed by atoms with E-state index in [0.29, 0.717) is 11.4 Å². The van der Waals surface area contributed by atoms with Crippen LogP contribution in [0, 0.1) is 4.77 Å². The summed E-state index contributed by atoms with van der Waals surface area (Å²) < 4.78 is 6.62. The Morgan fingerprint density at radius 1 is 1.41 bits per heavy atom. The number of rotatable bonds is 4. The van der Waals surface area contributed by atoms with Gasteiger partial charge in [-0.15, -0.1) is 0 Å². The van der Waals surface area contributed by atoms with Crippen molar-refractivity contribution in [3.8, 4) is 17.3 Å². The number of nitrogens with zero attached hydrogens (tertiary/aromatic N) is 2. The van der Waals surface area contributed by atoms with Crippen LogP contribution in [-0.4, -0.2) is 34.0 Å². The Balaban J connectivity index is 2.11. The number of aliphatic imine (C=N–C) groups is 1. The zero-order chi connectivity index (χ0) is 15.7. The van der Waals surface area contributed by atoms with Crippen LogP contribution in [-0.2, 0) is 0 Å². The number of methoxy groups -OCH3 is 1. The van der Waals surface area contributed by atoms with Gasteiger partial charge in [-0.1, -0.05) is 0 Å². The van der Waals surface area contributed by atoms with Gasteiger partial charge in [-0.2, -0.15) is 0 Å². The molecule has 1 aromatic heterocycles. The number of benzene rings is 1. The Labute approximate surface area is 131 Å². The van der Waals surface area contributed by atoms with Crippen molar-refractivity contribution in [3.63, 3.8) is 0 Å². The number of aromatic amines is 1. The monoisotopic (exact) mass is 317 g/mol. The van der Waals surface area contributed by atoms with Gasteiger partial charge in [-0.05, 0) is 49.3 Å². The maximum absolute atomic E-state index is 12.0. The first-order chi connectivity index (χ1) is 10.6. The lowest BCUT2D eigenvalue weighted by Crippen LogP contribution is -2.18. The standard InChI is InChI=1S/C15H15N3O3S/c1-21-11-6-4-10(5-7-11)18-14(20)12(8-16-9-2-3-9)13(19)17-15(18)22/h4-9,20H,2-3H2,1H3,(H,17,19,22). The number of H-pyrrole nitrogens is 1. The number of aromatic nitrogens is 2. The Bertz CT molecular complexity index is 833. The van der Waals surface area contributed by atoms with Crippen molar-refractivity contribution < 1.29 is 9.84 Å². The molecule has 3 rings (SSSR count). The van der Waals surface area contributed by atoms with E-state index >= 15 is 0 Å². The molecule has 0 aliphatic heterocycles. The van der Waals surface area contributed by atoms with E-state index in [1.54, 1.807) is 31.4 Å². The van der Waals surface area contributed by atoms with Gasteiger partial charge in [-0.25, -0.2) is 0 Å². The third kappa shape index (κ3) is 2.80. The molecule has 0 atom stereocenters. The number of hydrogen-bond acceptors (Lipinski definition) is 5. The summed E-state index contributed by atoms with van der Waals surface area (Å²) in [6, 6.07) is 7.25. The summed E-state index contributed by atoms with van der Waals surface area (Å²) in [5, 5.41) is 10.4. The minimum absolute atomic E-state index is 0.108. The summed E-state index contributed by atoms with van der Waals surface area (Å²) in [7, 11) is 1.57. The van der Waals surface area contributed by atoms with Gasteiger partial charge >= 0.3 is 0 Å². The summed E-state index contributed by atoms with van der Waals surface area (Å²) >= 11 is 5.15. The number of nitrogens with one attached hydrogen (secondary N) is 1. The molecule has 0 saturated heterocycles. The average molecular weight is 317 g/mol. The average Bonchev–Trinajstić information content (AvgIpc) is 3.31. The van der Waals surface area contributed by atoms with E-state index in [0.717, 1.165) is 12.8 Å². The summed E-state index contributed by atoms with van der Waals surface area (Å²) in [6.07, 6.45) is 3.46. The van der Waals surface area contributed by atoms with Crippen LogP contribution < -0.4 is 10.3 Å². The van der Waals surface area contributed by atoms with Gasteiger partial charge in [0.15, 0.2) is 4.77 Å². The van der Waals surface area contributed by atoms with Gasteiger partial charge in [0.1, 0.15) is 11.3 Å². The lowest BCUT2D eigenvalue weighted by Gasteiger charge is -2.11. The summed E-state index contributed by atoms with van der Waals surface area (Å²) in [6.45, 7) is 0. The highest BCUT2D eigenvalue weighted by molar-refractivity contribution is 7.71. The van der Waals surface area contributed by atoms with E-state index in [-0.39, 0.29) is 22.3 Å². The maximum atomic E-state index is 12.0. The van der Waals surface area contributed by atoms with Crippen molar-refractivity contribution in [3.05, 3.63) is 45.0 Å². The van der Waals surface area contributed by atoms with E-state index in [9.17, 15) is 9.90 Å². The molecule has 0 unspecified atom stereocenters. The highest BCUT2D eigenvalue weighted by atomic mass is 32.1. The van der Waals surface area contributed by atoms with Gasteiger partial charge in [-0.3, -0.25) is 19.3 Å². The molecule has 0 radical (unpaired) electrons. The first-order valence-electron chi connectivity index (χ1n) is 6.86. The van der Waals surface area contributed by atoms with E-state index < -0.39 is 5.56 Å². The Hall–Kier alpha value is -2.41. The molecule has 2 aromatic rings. The molecule has 1 saturated carbocycles. The molecule has 0 spiro atoms. The van der Waals surface area contributed by atoms with Crippen LogP contribution in [0.5, 0.6) is 11.6 Å². The predicted molar refractivity (Wildman–Crippen MR) is 86.1 cm³/mol. The fourth-order valence-corrected chi connectivity index (χ4v) is 2.31. The largest absolute Gasteiger partial charge is 0.497 e. The molecule has 114 valence electrons. The summed E-state index contributed by atoms with van der Waals surface area (Å²) in [5.41, 5.74) is 0.286. The molecule has 0 bridgehead atoms. The van der Waals surface area contributed by atoms with Crippen molar-refractivity contribution in [1.29, 1.82) is 0 Å². The molecule has 22 heavy (non-hydrogen) atoms. The van der Waals surface area contributed by atoms with Crippen LogP contribution in [0.15, 0.2) is 34.1 Å². The Morgan fingerprint density at radius 3 is 2.68 bits per heavy atom. The Kier molecular flexibility index (Phi) is 3.81. The highest BCUT2D eigenvalue weighted by Crippen LogP contribution is 2.24. The second-order valence-electron chi connectivity index (χ2n) is 5.04. The molecule has 1 heterocycles. The van der Waals surface area contributed by atoms with Crippen molar-refractivity contribution in [2.45, 2.75) is 18.9 Å². The third-order valence-corrected chi connectivity index (χ3v) is 3.70. The van der Waals surface area contributed by atoms with Gasteiger partial charge in [0.25, 0.3) is 5.56 Å². The second-order valence-corrected chi connectivity index (χ2v) is 5.43. The van der Waals surface area contributed by atoms with E-state index in [2.05, 4.69) is 9.98 Å². The smallest absolute Gasteiger partial charge is 0.264 e. The lowest BCUT2D eigenvalue weighted by molar-refractivity contribution is 0.414. The van der Waals surface area contributed by atoms with Crippen molar-refractivity contribution >= 4 is 18.4 Å². The summed E-state index contributed by atoms with van der Waals surface area (Å²) in [5.74, 6) is 0.470.